The molecule has 0 saturated carbocycles. The predicted molar refractivity (Wildman–Crippen MR) is 70.6 cm³/mol. The maximum Gasteiger partial charge on any atom is 0.418 e. The van der Waals surface area contributed by atoms with E-state index in [2.05, 4.69) is 17.1 Å². The molecular weight excluding hydrogens is 277 g/mol. The number of rotatable bonds is 2. The zero-order valence-corrected chi connectivity index (χ0v) is 11.5. The average Bonchev–Trinajstić information content (AvgIpc) is 2.59. The molecule has 1 aromatic rings. The Morgan fingerprint density at radius 3 is 2.58 bits per heavy atom. The standard InChI is InChI=1S/C13H16ClF3N2/c1-8-6-9(7-19(8)2)18-12-10(13(15,16)17)4-3-5-11(12)14/h3-5,8-9,18H,6-7H2,1-2H3. The zero-order valence-electron chi connectivity index (χ0n) is 10.8. The first-order chi connectivity index (χ1) is 8.79. The molecule has 6 heteroatoms. The van der Waals surface area contributed by atoms with Crippen LogP contribution in [0.5, 0.6) is 0 Å². The third-order valence-electron chi connectivity index (χ3n) is 3.55. The molecule has 2 rings (SSSR count). The Bertz CT molecular complexity index is 452. The summed E-state index contributed by atoms with van der Waals surface area (Å²) in [7, 11) is 1.96. The number of benzene rings is 1. The van der Waals surface area contributed by atoms with E-state index in [1.807, 2.05) is 7.05 Å². The van der Waals surface area contributed by atoms with Crippen molar-refractivity contribution >= 4 is 17.3 Å². The number of nitrogens with zero attached hydrogens (tertiary/aromatic N) is 1. The Labute approximate surface area is 115 Å². The van der Waals surface area contributed by atoms with Gasteiger partial charge in [-0.15, -0.1) is 0 Å². The molecule has 0 bridgehead atoms. The largest absolute Gasteiger partial charge is 0.418 e. The van der Waals surface area contributed by atoms with Gasteiger partial charge < -0.3 is 10.2 Å². The molecule has 1 aliphatic heterocycles. The quantitative estimate of drug-likeness (QED) is 0.890. The molecule has 19 heavy (non-hydrogen) atoms. The fraction of sp³-hybridized carbons (Fsp3) is 0.538. The molecule has 0 aliphatic carbocycles. The predicted octanol–water partition coefficient (Wildman–Crippen LogP) is 3.86. The summed E-state index contributed by atoms with van der Waals surface area (Å²) in [6.07, 6.45) is -3.59. The van der Waals surface area contributed by atoms with E-state index in [0.29, 0.717) is 12.6 Å². The summed E-state index contributed by atoms with van der Waals surface area (Å²) >= 11 is 5.91. The first-order valence-corrected chi connectivity index (χ1v) is 6.49. The van der Waals surface area contributed by atoms with Crippen LogP contribution in [0.2, 0.25) is 5.02 Å². The third kappa shape index (κ3) is 3.15. The number of para-hydroxylation sites is 1. The van der Waals surface area contributed by atoms with Crippen LogP contribution in [-0.4, -0.2) is 30.6 Å². The van der Waals surface area contributed by atoms with Crippen LogP contribution in [-0.2, 0) is 6.18 Å². The molecule has 2 unspecified atom stereocenters. The van der Waals surface area contributed by atoms with Crippen LogP contribution in [0.25, 0.3) is 0 Å². The zero-order chi connectivity index (χ0) is 14.2. The van der Waals surface area contributed by atoms with Crippen molar-refractivity contribution in [3.8, 4) is 0 Å². The van der Waals surface area contributed by atoms with E-state index in [4.69, 9.17) is 11.6 Å². The molecule has 2 atom stereocenters. The SMILES string of the molecule is CC1CC(Nc2c(Cl)cccc2C(F)(F)F)CN1C. The van der Waals surface area contributed by atoms with Gasteiger partial charge in [-0.3, -0.25) is 0 Å². The first-order valence-electron chi connectivity index (χ1n) is 6.11. The van der Waals surface area contributed by atoms with Crippen LogP contribution >= 0.6 is 11.6 Å². The molecule has 106 valence electrons. The van der Waals surface area contributed by atoms with E-state index in [-0.39, 0.29) is 16.8 Å². The van der Waals surface area contributed by atoms with Gasteiger partial charge in [-0.2, -0.15) is 13.2 Å². The van der Waals surface area contributed by atoms with Gasteiger partial charge in [0.25, 0.3) is 0 Å². The molecule has 0 amide bonds. The molecule has 0 radical (unpaired) electrons. The van der Waals surface area contributed by atoms with Crippen LogP contribution in [0.4, 0.5) is 18.9 Å². The fourth-order valence-corrected chi connectivity index (χ4v) is 2.64. The average molecular weight is 293 g/mol. The molecule has 1 saturated heterocycles. The Hall–Kier alpha value is -0.940. The number of halogens is 4. The number of likely N-dealkylation sites (tertiary alicyclic amines) is 1. The Morgan fingerprint density at radius 2 is 2.05 bits per heavy atom. The van der Waals surface area contributed by atoms with Crippen molar-refractivity contribution in [2.24, 2.45) is 0 Å². The molecule has 0 spiro atoms. The summed E-state index contributed by atoms with van der Waals surface area (Å²) < 4.78 is 38.8. The highest BCUT2D eigenvalue weighted by molar-refractivity contribution is 6.33. The van der Waals surface area contributed by atoms with Crippen LogP contribution < -0.4 is 5.32 Å². The summed E-state index contributed by atoms with van der Waals surface area (Å²) in [4.78, 5) is 2.11. The summed E-state index contributed by atoms with van der Waals surface area (Å²) in [5, 5.41) is 3.06. The number of anilines is 1. The number of likely N-dealkylation sites (N-methyl/N-ethyl adjacent to an activating group) is 1. The number of hydrogen-bond acceptors (Lipinski definition) is 2. The van der Waals surface area contributed by atoms with Gasteiger partial charge in [-0.1, -0.05) is 17.7 Å². The van der Waals surface area contributed by atoms with E-state index < -0.39 is 11.7 Å². The van der Waals surface area contributed by atoms with Crippen molar-refractivity contribution in [1.82, 2.24) is 4.90 Å². The number of hydrogen-bond donors (Lipinski definition) is 1. The van der Waals surface area contributed by atoms with Crippen molar-refractivity contribution in [3.05, 3.63) is 28.8 Å². The van der Waals surface area contributed by atoms with E-state index >= 15 is 0 Å². The van der Waals surface area contributed by atoms with Crippen molar-refractivity contribution in [2.45, 2.75) is 31.6 Å². The normalized spacial score (nSPS) is 24.7. The Kier molecular flexibility index (Phi) is 3.97. The highest BCUT2D eigenvalue weighted by atomic mass is 35.5. The van der Waals surface area contributed by atoms with Gasteiger partial charge >= 0.3 is 6.18 Å². The van der Waals surface area contributed by atoms with Gasteiger partial charge in [0.15, 0.2) is 0 Å². The van der Waals surface area contributed by atoms with Crippen LogP contribution in [0.3, 0.4) is 0 Å². The van der Waals surface area contributed by atoms with E-state index in [1.165, 1.54) is 12.1 Å². The summed E-state index contributed by atoms with van der Waals surface area (Å²) in [6.45, 7) is 2.77. The Balaban J connectivity index is 2.25. The van der Waals surface area contributed by atoms with Crippen LogP contribution in [0, 0.1) is 0 Å². The minimum absolute atomic E-state index is 0.0100. The second-order valence-electron chi connectivity index (χ2n) is 5.03. The second kappa shape index (κ2) is 5.21. The second-order valence-corrected chi connectivity index (χ2v) is 5.43. The lowest BCUT2D eigenvalue weighted by atomic mass is 10.1. The molecule has 1 heterocycles. The molecule has 1 N–H and O–H groups in total. The monoisotopic (exact) mass is 292 g/mol. The minimum atomic E-state index is -4.40. The summed E-state index contributed by atoms with van der Waals surface area (Å²) in [5.74, 6) is 0. The lowest BCUT2D eigenvalue weighted by molar-refractivity contribution is -0.137. The third-order valence-corrected chi connectivity index (χ3v) is 3.87. The van der Waals surface area contributed by atoms with E-state index in [1.54, 1.807) is 0 Å². The van der Waals surface area contributed by atoms with Gasteiger partial charge in [0.05, 0.1) is 16.3 Å². The fourth-order valence-electron chi connectivity index (χ4n) is 2.41. The summed E-state index contributed by atoms with van der Waals surface area (Å²) in [6, 6.07) is 4.19. The topological polar surface area (TPSA) is 15.3 Å². The lowest BCUT2D eigenvalue weighted by Gasteiger charge is -2.20. The van der Waals surface area contributed by atoms with E-state index in [0.717, 1.165) is 12.5 Å². The van der Waals surface area contributed by atoms with Crippen molar-refractivity contribution in [1.29, 1.82) is 0 Å². The smallest absolute Gasteiger partial charge is 0.379 e. The number of nitrogens with one attached hydrogen (secondary N) is 1. The molecule has 0 aromatic heterocycles. The van der Waals surface area contributed by atoms with E-state index in [9.17, 15) is 13.2 Å². The minimum Gasteiger partial charge on any atom is -0.379 e. The van der Waals surface area contributed by atoms with Crippen molar-refractivity contribution in [2.75, 3.05) is 18.9 Å². The molecule has 1 fully saturated rings. The lowest BCUT2D eigenvalue weighted by Crippen LogP contribution is -2.26. The molecule has 2 nitrogen and oxygen atoms in total. The number of alkyl halides is 3. The van der Waals surface area contributed by atoms with Crippen LogP contribution in [0.15, 0.2) is 18.2 Å². The highest BCUT2D eigenvalue weighted by Gasteiger charge is 2.36. The summed E-state index contributed by atoms with van der Waals surface area (Å²) in [5.41, 5.74) is -0.716. The van der Waals surface area contributed by atoms with Gasteiger partial charge in [0.2, 0.25) is 0 Å². The van der Waals surface area contributed by atoms with Crippen molar-refractivity contribution in [3.63, 3.8) is 0 Å². The van der Waals surface area contributed by atoms with Crippen LogP contribution in [0.1, 0.15) is 18.9 Å². The van der Waals surface area contributed by atoms with Gasteiger partial charge in [0.1, 0.15) is 0 Å². The molecule has 1 aliphatic rings. The molecule has 1 aromatic carbocycles. The van der Waals surface area contributed by atoms with Gasteiger partial charge in [-0.05, 0) is 32.5 Å². The maximum atomic E-state index is 12.9. The highest BCUT2D eigenvalue weighted by Crippen LogP contribution is 2.39. The first kappa shape index (κ1) is 14.5. The Morgan fingerprint density at radius 1 is 1.37 bits per heavy atom. The maximum absolute atomic E-state index is 12.9. The molecular formula is C13H16ClF3N2. The van der Waals surface area contributed by atoms with Gasteiger partial charge in [-0.25, -0.2) is 0 Å². The van der Waals surface area contributed by atoms with Crippen molar-refractivity contribution < 1.29 is 13.2 Å². The van der Waals surface area contributed by atoms with Gasteiger partial charge in [0, 0.05) is 18.6 Å².